The Balaban J connectivity index is 2.26. The Morgan fingerprint density at radius 3 is 2.67 bits per heavy atom. The molecule has 1 aromatic heterocycles. The highest BCUT2D eigenvalue weighted by Crippen LogP contribution is 2.26. The van der Waals surface area contributed by atoms with E-state index >= 15 is 0 Å². The van der Waals surface area contributed by atoms with Crippen LogP contribution in [0, 0.1) is 20.8 Å². The van der Waals surface area contributed by atoms with E-state index in [4.69, 9.17) is 0 Å². The van der Waals surface area contributed by atoms with Crippen molar-refractivity contribution < 1.29 is 0 Å². The summed E-state index contributed by atoms with van der Waals surface area (Å²) in [6.45, 7) is 6.41. The Morgan fingerprint density at radius 1 is 1.28 bits per heavy atom. The molecule has 0 saturated heterocycles. The van der Waals surface area contributed by atoms with E-state index in [0.29, 0.717) is 6.04 Å². The van der Waals surface area contributed by atoms with Gasteiger partial charge in [0.1, 0.15) is 0 Å². The van der Waals surface area contributed by atoms with Gasteiger partial charge in [-0.05, 0) is 45.4 Å². The first-order chi connectivity index (χ1) is 8.61. The van der Waals surface area contributed by atoms with E-state index in [1.54, 1.807) is 11.3 Å². The maximum atomic E-state index is 4.35. The molecule has 0 aliphatic carbocycles. The van der Waals surface area contributed by atoms with Gasteiger partial charge in [0.15, 0.2) is 0 Å². The molecule has 2 rings (SSSR count). The highest BCUT2D eigenvalue weighted by molar-refractivity contribution is 7.09. The van der Waals surface area contributed by atoms with Crippen LogP contribution < -0.4 is 5.32 Å². The number of hydrogen-bond donors (Lipinski definition) is 1. The van der Waals surface area contributed by atoms with Gasteiger partial charge in [0.05, 0.1) is 11.2 Å². The zero-order chi connectivity index (χ0) is 13.1. The van der Waals surface area contributed by atoms with E-state index < -0.39 is 0 Å². The van der Waals surface area contributed by atoms with Gasteiger partial charge < -0.3 is 5.32 Å². The Labute approximate surface area is 113 Å². The van der Waals surface area contributed by atoms with Crippen LogP contribution in [0.15, 0.2) is 23.7 Å². The maximum absolute atomic E-state index is 4.35. The van der Waals surface area contributed by atoms with Crippen molar-refractivity contribution in [3.8, 4) is 0 Å². The van der Waals surface area contributed by atoms with E-state index in [1.165, 1.54) is 21.6 Å². The van der Waals surface area contributed by atoms with Gasteiger partial charge in [0, 0.05) is 10.9 Å². The summed E-state index contributed by atoms with van der Waals surface area (Å²) in [7, 11) is 2.02. The minimum Gasteiger partial charge on any atom is -0.312 e. The summed E-state index contributed by atoms with van der Waals surface area (Å²) >= 11 is 1.74. The lowest BCUT2D eigenvalue weighted by molar-refractivity contribution is 0.596. The van der Waals surface area contributed by atoms with Gasteiger partial charge in [0.2, 0.25) is 0 Å². The lowest BCUT2D eigenvalue weighted by atomic mass is 9.98. The molecule has 1 unspecified atom stereocenters. The van der Waals surface area contributed by atoms with Gasteiger partial charge in [-0.25, -0.2) is 4.98 Å². The monoisotopic (exact) mass is 260 g/mol. The second kappa shape index (κ2) is 5.63. The minimum absolute atomic E-state index is 0.359. The quantitative estimate of drug-likeness (QED) is 0.909. The summed E-state index contributed by atoms with van der Waals surface area (Å²) in [5.74, 6) is 0. The Kier molecular flexibility index (Phi) is 4.15. The van der Waals surface area contributed by atoms with E-state index in [1.807, 2.05) is 12.6 Å². The van der Waals surface area contributed by atoms with Crippen molar-refractivity contribution in [1.29, 1.82) is 0 Å². The molecule has 0 amide bonds. The Hall–Kier alpha value is -1.19. The fraction of sp³-hybridized carbons (Fsp3) is 0.400. The summed E-state index contributed by atoms with van der Waals surface area (Å²) in [6.07, 6.45) is 1.02. The summed E-state index contributed by atoms with van der Waals surface area (Å²) in [6, 6.07) is 7.02. The average molecular weight is 260 g/mol. The molecule has 2 nitrogen and oxygen atoms in total. The maximum Gasteiger partial charge on any atom is 0.0798 e. The molecule has 3 heteroatoms. The molecule has 0 saturated carbocycles. The van der Waals surface area contributed by atoms with Crippen LogP contribution in [-0.4, -0.2) is 12.0 Å². The van der Waals surface area contributed by atoms with Crippen molar-refractivity contribution in [2.45, 2.75) is 33.2 Å². The lowest BCUT2D eigenvalue weighted by Gasteiger charge is -2.17. The van der Waals surface area contributed by atoms with Crippen LogP contribution in [0.5, 0.6) is 0 Å². The third-order valence-corrected chi connectivity index (χ3v) is 4.42. The van der Waals surface area contributed by atoms with Crippen LogP contribution in [0.2, 0.25) is 0 Å². The molecule has 0 fully saturated rings. The van der Waals surface area contributed by atoms with Crippen molar-refractivity contribution in [3.63, 3.8) is 0 Å². The van der Waals surface area contributed by atoms with Crippen LogP contribution in [-0.2, 0) is 6.42 Å². The van der Waals surface area contributed by atoms with Gasteiger partial charge in [0.25, 0.3) is 0 Å². The topological polar surface area (TPSA) is 24.9 Å². The van der Waals surface area contributed by atoms with Crippen molar-refractivity contribution in [3.05, 3.63) is 51.0 Å². The van der Waals surface area contributed by atoms with Gasteiger partial charge in [-0.15, -0.1) is 11.3 Å². The number of hydrogen-bond acceptors (Lipinski definition) is 3. The van der Waals surface area contributed by atoms with Crippen molar-refractivity contribution in [2.24, 2.45) is 0 Å². The number of aromatic nitrogens is 1. The van der Waals surface area contributed by atoms with Gasteiger partial charge >= 0.3 is 0 Å². The standard InChI is InChI=1S/C15H20N2S/c1-10-5-6-11(2)13(7-10)8-14(16-4)15-12(3)17-9-18-15/h5-7,9,14,16H,8H2,1-4H3. The highest BCUT2D eigenvalue weighted by Gasteiger charge is 2.15. The van der Waals surface area contributed by atoms with Crippen LogP contribution in [0.4, 0.5) is 0 Å². The second-order valence-electron chi connectivity index (χ2n) is 4.78. The third-order valence-electron chi connectivity index (χ3n) is 3.38. The number of rotatable bonds is 4. The molecular formula is C15H20N2S. The molecule has 1 N–H and O–H groups in total. The van der Waals surface area contributed by atoms with E-state index in [2.05, 4.69) is 49.3 Å². The molecule has 0 radical (unpaired) electrons. The Morgan fingerprint density at radius 2 is 2.06 bits per heavy atom. The number of thiazole rings is 1. The molecule has 0 spiro atoms. The molecule has 1 aromatic carbocycles. The number of nitrogens with zero attached hydrogens (tertiary/aromatic N) is 1. The van der Waals surface area contributed by atoms with Crippen LogP contribution in [0.25, 0.3) is 0 Å². The zero-order valence-corrected chi connectivity index (χ0v) is 12.3. The average Bonchev–Trinajstić information content (AvgIpc) is 2.77. The molecule has 96 valence electrons. The first-order valence-corrected chi connectivity index (χ1v) is 7.13. The summed E-state index contributed by atoms with van der Waals surface area (Å²) < 4.78 is 0. The second-order valence-corrected chi connectivity index (χ2v) is 5.66. The van der Waals surface area contributed by atoms with E-state index in [0.717, 1.165) is 12.1 Å². The predicted molar refractivity (Wildman–Crippen MR) is 78.3 cm³/mol. The van der Waals surface area contributed by atoms with Crippen molar-refractivity contribution in [1.82, 2.24) is 10.3 Å². The minimum atomic E-state index is 0.359. The normalized spacial score (nSPS) is 12.7. The van der Waals surface area contributed by atoms with Gasteiger partial charge in [-0.3, -0.25) is 0 Å². The first kappa shape index (κ1) is 13.2. The Bertz CT molecular complexity index is 531. The summed E-state index contributed by atoms with van der Waals surface area (Å²) in [4.78, 5) is 5.69. The largest absolute Gasteiger partial charge is 0.312 e. The SMILES string of the molecule is CNC(Cc1cc(C)ccc1C)c1scnc1C. The number of benzene rings is 1. The van der Waals surface area contributed by atoms with Crippen LogP contribution in [0.3, 0.4) is 0 Å². The molecule has 1 atom stereocenters. The fourth-order valence-electron chi connectivity index (χ4n) is 2.21. The van der Waals surface area contributed by atoms with Crippen molar-refractivity contribution >= 4 is 11.3 Å². The van der Waals surface area contributed by atoms with Crippen LogP contribution in [0.1, 0.15) is 33.3 Å². The van der Waals surface area contributed by atoms with Crippen LogP contribution >= 0.6 is 11.3 Å². The van der Waals surface area contributed by atoms with Gasteiger partial charge in [-0.2, -0.15) is 0 Å². The molecule has 18 heavy (non-hydrogen) atoms. The third kappa shape index (κ3) is 2.79. The number of nitrogens with one attached hydrogen (secondary N) is 1. The molecule has 0 aliphatic heterocycles. The highest BCUT2D eigenvalue weighted by atomic mass is 32.1. The zero-order valence-electron chi connectivity index (χ0n) is 11.4. The number of aryl methyl sites for hydroxylation is 3. The molecule has 0 bridgehead atoms. The number of likely N-dealkylation sites (N-methyl/N-ethyl adjacent to an activating group) is 1. The van der Waals surface area contributed by atoms with E-state index in [9.17, 15) is 0 Å². The molecular weight excluding hydrogens is 240 g/mol. The van der Waals surface area contributed by atoms with Crippen molar-refractivity contribution in [2.75, 3.05) is 7.05 Å². The predicted octanol–water partition coefficient (Wildman–Crippen LogP) is 3.57. The molecule has 1 heterocycles. The van der Waals surface area contributed by atoms with Gasteiger partial charge in [-0.1, -0.05) is 23.8 Å². The fourth-order valence-corrected chi connectivity index (χ4v) is 3.12. The summed E-state index contributed by atoms with van der Waals surface area (Å²) in [5, 5.41) is 3.41. The smallest absolute Gasteiger partial charge is 0.0798 e. The van der Waals surface area contributed by atoms with E-state index in [-0.39, 0.29) is 0 Å². The molecule has 2 aromatic rings. The molecule has 0 aliphatic rings. The first-order valence-electron chi connectivity index (χ1n) is 6.25. The lowest BCUT2D eigenvalue weighted by Crippen LogP contribution is -2.19. The summed E-state index contributed by atoms with van der Waals surface area (Å²) in [5.41, 5.74) is 7.18.